The lowest BCUT2D eigenvalue weighted by Gasteiger charge is -2.10. The lowest BCUT2D eigenvalue weighted by Crippen LogP contribution is -2.15. The van der Waals surface area contributed by atoms with Crippen LogP contribution in [-0.4, -0.2) is 24.3 Å². The monoisotopic (exact) mass is 353 g/mol. The van der Waals surface area contributed by atoms with E-state index in [2.05, 4.69) is 19.2 Å². The van der Waals surface area contributed by atoms with Crippen LogP contribution in [0.3, 0.4) is 0 Å². The largest absolute Gasteiger partial charge is 0.454 e. The van der Waals surface area contributed by atoms with Crippen molar-refractivity contribution in [3.8, 4) is 0 Å². The molecule has 0 aliphatic rings. The van der Waals surface area contributed by atoms with Gasteiger partial charge < -0.3 is 10.1 Å². The fraction of sp³-hybridized carbons (Fsp3) is 0.286. The first kappa shape index (κ1) is 19.4. The van der Waals surface area contributed by atoms with E-state index in [-0.39, 0.29) is 23.9 Å². The summed E-state index contributed by atoms with van der Waals surface area (Å²) in [6.07, 6.45) is 1.03. The van der Waals surface area contributed by atoms with Crippen molar-refractivity contribution in [3.05, 3.63) is 65.2 Å². The summed E-state index contributed by atoms with van der Waals surface area (Å²) in [4.78, 5) is 35.4. The Labute approximate surface area is 153 Å². The molecule has 1 atom stereocenters. The van der Waals surface area contributed by atoms with Crippen molar-refractivity contribution in [3.63, 3.8) is 0 Å². The molecule has 0 heterocycles. The molecule has 2 aromatic rings. The van der Waals surface area contributed by atoms with E-state index in [0.29, 0.717) is 17.2 Å². The molecule has 0 spiro atoms. The van der Waals surface area contributed by atoms with E-state index in [0.717, 1.165) is 6.42 Å². The Morgan fingerprint density at radius 2 is 1.73 bits per heavy atom. The van der Waals surface area contributed by atoms with E-state index in [9.17, 15) is 14.4 Å². The Kier molecular flexibility index (Phi) is 6.67. The SMILES string of the molecule is CC[C@H](C)c1ccc(C(=O)COC(=O)c2cccc(NC(C)=O)c2)cc1. The molecule has 0 unspecified atom stereocenters. The average Bonchev–Trinajstić information content (AvgIpc) is 2.65. The van der Waals surface area contributed by atoms with Gasteiger partial charge in [0.1, 0.15) is 0 Å². The summed E-state index contributed by atoms with van der Waals surface area (Å²) >= 11 is 0. The van der Waals surface area contributed by atoms with Crippen molar-refractivity contribution in [2.75, 3.05) is 11.9 Å². The van der Waals surface area contributed by atoms with E-state index in [1.54, 1.807) is 30.3 Å². The quantitative estimate of drug-likeness (QED) is 0.598. The molecule has 0 saturated heterocycles. The van der Waals surface area contributed by atoms with E-state index in [1.807, 2.05) is 12.1 Å². The normalized spacial score (nSPS) is 11.5. The molecule has 0 aromatic heterocycles. The summed E-state index contributed by atoms with van der Waals surface area (Å²) in [5, 5.41) is 2.60. The zero-order valence-electron chi connectivity index (χ0n) is 15.2. The maximum Gasteiger partial charge on any atom is 0.338 e. The summed E-state index contributed by atoms with van der Waals surface area (Å²) < 4.78 is 5.10. The molecule has 0 bridgehead atoms. The van der Waals surface area contributed by atoms with Gasteiger partial charge in [0.15, 0.2) is 12.4 Å². The Balaban J connectivity index is 1.96. The molecule has 2 rings (SSSR count). The Morgan fingerprint density at radius 1 is 1.04 bits per heavy atom. The Bertz CT molecular complexity index is 796. The first-order valence-electron chi connectivity index (χ1n) is 8.58. The van der Waals surface area contributed by atoms with Gasteiger partial charge in [0.2, 0.25) is 5.91 Å². The molecule has 0 fully saturated rings. The number of rotatable bonds is 7. The Morgan fingerprint density at radius 3 is 2.35 bits per heavy atom. The molecule has 5 nitrogen and oxygen atoms in total. The van der Waals surface area contributed by atoms with E-state index in [4.69, 9.17) is 4.74 Å². The number of ketones is 1. The number of carbonyl (C=O) groups excluding carboxylic acids is 3. The lowest BCUT2D eigenvalue weighted by molar-refractivity contribution is -0.114. The number of hydrogen-bond donors (Lipinski definition) is 1. The first-order chi connectivity index (χ1) is 12.4. The highest BCUT2D eigenvalue weighted by molar-refractivity contribution is 5.99. The van der Waals surface area contributed by atoms with Crippen LogP contribution in [0.25, 0.3) is 0 Å². The van der Waals surface area contributed by atoms with Crippen LogP contribution in [0.15, 0.2) is 48.5 Å². The molecule has 0 aliphatic heterocycles. The number of carbonyl (C=O) groups is 3. The van der Waals surface area contributed by atoms with Gasteiger partial charge >= 0.3 is 5.97 Å². The van der Waals surface area contributed by atoms with Crippen LogP contribution in [0.4, 0.5) is 5.69 Å². The summed E-state index contributed by atoms with van der Waals surface area (Å²) in [6.45, 7) is 5.31. The molecule has 0 saturated carbocycles. The molecule has 0 aliphatic carbocycles. The average molecular weight is 353 g/mol. The number of anilines is 1. The van der Waals surface area contributed by atoms with Gasteiger partial charge in [0.25, 0.3) is 0 Å². The second-order valence-corrected chi connectivity index (χ2v) is 6.19. The number of amides is 1. The van der Waals surface area contributed by atoms with Crippen molar-refractivity contribution < 1.29 is 19.1 Å². The van der Waals surface area contributed by atoms with Crippen LogP contribution in [0.2, 0.25) is 0 Å². The molecule has 136 valence electrons. The number of esters is 1. The number of benzene rings is 2. The van der Waals surface area contributed by atoms with E-state index >= 15 is 0 Å². The molecule has 1 N–H and O–H groups in total. The van der Waals surface area contributed by atoms with Crippen LogP contribution < -0.4 is 5.32 Å². The number of hydrogen-bond acceptors (Lipinski definition) is 4. The topological polar surface area (TPSA) is 72.5 Å². The molecule has 1 amide bonds. The van der Waals surface area contributed by atoms with Gasteiger partial charge in [-0.25, -0.2) is 4.79 Å². The van der Waals surface area contributed by atoms with E-state index in [1.165, 1.54) is 18.6 Å². The van der Waals surface area contributed by atoms with Crippen molar-refractivity contribution in [1.82, 2.24) is 0 Å². The second-order valence-electron chi connectivity index (χ2n) is 6.19. The van der Waals surface area contributed by atoms with Crippen LogP contribution in [0.5, 0.6) is 0 Å². The highest BCUT2D eigenvalue weighted by Crippen LogP contribution is 2.19. The smallest absolute Gasteiger partial charge is 0.338 e. The Hall–Kier alpha value is -2.95. The van der Waals surface area contributed by atoms with Crippen LogP contribution in [-0.2, 0) is 9.53 Å². The lowest BCUT2D eigenvalue weighted by atomic mass is 9.97. The number of Topliss-reactive ketones (excluding diaryl/α,β-unsaturated/α-hetero) is 1. The van der Waals surface area contributed by atoms with Crippen molar-refractivity contribution >= 4 is 23.3 Å². The summed E-state index contributed by atoms with van der Waals surface area (Å²) in [5.74, 6) is -0.659. The maximum absolute atomic E-state index is 12.2. The van der Waals surface area contributed by atoms with Crippen molar-refractivity contribution in [2.24, 2.45) is 0 Å². The molecule has 5 heteroatoms. The minimum Gasteiger partial charge on any atom is -0.454 e. The third-order valence-corrected chi connectivity index (χ3v) is 4.17. The number of ether oxygens (including phenoxy) is 1. The minimum absolute atomic E-state index is 0.230. The van der Waals surface area contributed by atoms with Gasteiger partial charge in [-0.1, -0.05) is 44.2 Å². The van der Waals surface area contributed by atoms with Gasteiger partial charge in [0.05, 0.1) is 5.56 Å². The van der Waals surface area contributed by atoms with Gasteiger partial charge in [-0.2, -0.15) is 0 Å². The molecular weight excluding hydrogens is 330 g/mol. The zero-order chi connectivity index (χ0) is 19.1. The second kappa shape index (κ2) is 8.94. The fourth-order valence-corrected chi connectivity index (χ4v) is 2.46. The molecular formula is C21H23NO4. The number of nitrogens with one attached hydrogen (secondary N) is 1. The standard InChI is InChI=1S/C21H23NO4/c1-4-14(2)16-8-10-17(11-9-16)20(24)13-26-21(25)18-6-5-7-19(12-18)22-15(3)23/h5-12,14H,4,13H2,1-3H3,(H,22,23)/t14-/m0/s1. The third-order valence-electron chi connectivity index (χ3n) is 4.17. The van der Waals surface area contributed by atoms with Crippen LogP contribution in [0, 0.1) is 0 Å². The highest BCUT2D eigenvalue weighted by Gasteiger charge is 2.13. The van der Waals surface area contributed by atoms with E-state index < -0.39 is 5.97 Å². The van der Waals surface area contributed by atoms with Crippen LogP contribution >= 0.6 is 0 Å². The third kappa shape index (κ3) is 5.28. The maximum atomic E-state index is 12.2. The van der Waals surface area contributed by atoms with Gasteiger partial charge in [-0.15, -0.1) is 0 Å². The summed E-state index contributed by atoms with van der Waals surface area (Å²) in [7, 11) is 0. The minimum atomic E-state index is -0.609. The fourth-order valence-electron chi connectivity index (χ4n) is 2.46. The highest BCUT2D eigenvalue weighted by atomic mass is 16.5. The van der Waals surface area contributed by atoms with Gasteiger partial charge in [-0.05, 0) is 36.1 Å². The predicted molar refractivity (Wildman–Crippen MR) is 101 cm³/mol. The molecule has 2 aromatic carbocycles. The summed E-state index contributed by atoms with van der Waals surface area (Å²) in [6, 6.07) is 13.8. The summed E-state index contributed by atoms with van der Waals surface area (Å²) in [5.41, 5.74) is 2.46. The van der Waals surface area contributed by atoms with Gasteiger partial charge in [-0.3, -0.25) is 9.59 Å². The first-order valence-corrected chi connectivity index (χ1v) is 8.58. The molecule has 0 radical (unpaired) electrons. The zero-order valence-corrected chi connectivity index (χ0v) is 15.2. The van der Waals surface area contributed by atoms with Gasteiger partial charge in [0, 0.05) is 18.2 Å². The van der Waals surface area contributed by atoms with Crippen molar-refractivity contribution in [2.45, 2.75) is 33.1 Å². The van der Waals surface area contributed by atoms with Crippen LogP contribution in [0.1, 0.15) is 59.4 Å². The predicted octanol–water partition coefficient (Wildman–Crippen LogP) is 4.20. The van der Waals surface area contributed by atoms with Crippen molar-refractivity contribution in [1.29, 1.82) is 0 Å². The molecule has 26 heavy (non-hydrogen) atoms.